The Morgan fingerprint density at radius 3 is 2.20 bits per heavy atom. The lowest BCUT2D eigenvalue weighted by molar-refractivity contribution is -0.143. The lowest BCUT2D eigenvalue weighted by atomic mass is 10.1. The van der Waals surface area contributed by atoms with Gasteiger partial charge in [0.15, 0.2) is 8.32 Å². The van der Waals surface area contributed by atoms with Gasteiger partial charge >= 0.3 is 5.97 Å². The summed E-state index contributed by atoms with van der Waals surface area (Å²) in [4.78, 5) is 11.2. The first-order valence-corrected chi connectivity index (χ1v) is 10.8. The summed E-state index contributed by atoms with van der Waals surface area (Å²) in [6, 6.07) is 0. The van der Waals surface area contributed by atoms with Gasteiger partial charge in [0.2, 0.25) is 0 Å². The Morgan fingerprint density at radius 1 is 1.35 bits per heavy atom. The minimum absolute atomic E-state index is 0.151. The maximum atomic E-state index is 11.2. The Bertz CT molecular complexity index is 394. The SMILES string of the molecule is C=C(CO[Si](C)(C)C(C)(C)C)C(OC(C)=O)/C(C)=C\I. The standard InChI is InChI=1S/C15H27IO3Si/c1-11(9-16)14(19-13(3)17)12(2)10-18-20(7,8)15(4,5)6/h9,14H,2,10H2,1,3-8H3/b11-9-. The first-order valence-electron chi connectivity index (χ1n) is 6.68. The molecule has 0 aliphatic carbocycles. The molecule has 5 heteroatoms. The molecule has 0 fully saturated rings. The molecular weight excluding hydrogens is 383 g/mol. The number of hydrogen-bond donors (Lipinski definition) is 0. The highest BCUT2D eigenvalue weighted by atomic mass is 127. The van der Waals surface area contributed by atoms with Gasteiger partial charge in [-0.05, 0) is 40.3 Å². The molecule has 0 aromatic heterocycles. The summed E-state index contributed by atoms with van der Waals surface area (Å²) < 4.78 is 13.4. The molecule has 0 aliphatic rings. The third kappa shape index (κ3) is 6.09. The molecule has 0 spiro atoms. The van der Waals surface area contributed by atoms with E-state index < -0.39 is 14.4 Å². The topological polar surface area (TPSA) is 35.5 Å². The average Bonchev–Trinajstić information content (AvgIpc) is 2.30. The predicted molar refractivity (Wildman–Crippen MR) is 95.6 cm³/mol. The lowest BCUT2D eigenvalue weighted by Crippen LogP contribution is -2.41. The third-order valence-electron chi connectivity index (χ3n) is 3.66. The highest BCUT2D eigenvalue weighted by molar-refractivity contribution is 14.1. The molecule has 0 saturated heterocycles. The van der Waals surface area contributed by atoms with E-state index in [0.717, 1.165) is 11.1 Å². The molecule has 20 heavy (non-hydrogen) atoms. The Balaban J connectivity index is 4.84. The van der Waals surface area contributed by atoms with Gasteiger partial charge < -0.3 is 9.16 Å². The van der Waals surface area contributed by atoms with E-state index in [4.69, 9.17) is 9.16 Å². The van der Waals surface area contributed by atoms with Crippen molar-refractivity contribution in [1.82, 2.24) is 0 Å². The lowest BCUT2D eigenvalue weighted by Gasteiger charge is -2.36. The minimum Gasteiger partial charge on any atom is -0.453 e. The molecule has 0 heterocycles. The van der Waals surface area contributed by atoms with Crippen molar-refractivity contribution in [1.29, 1.82) is 0 Å². The quantitative estimate of drug-likeness (QED) is 0.272. The van der Waals surface area contributed by atoms with Crippen LogP contribution in [0, 0.1) is 0 Å². The molecule has 0 N–H and O–H groups in total. The van der Waals surface area contributed by atoms with Crippen LogP contribution in [0.15, 0.2) is 21.8 Å². The van der Waals surface area contributed by atoms with Crippen molar-refractivity contribution in [3.05, 3.63) is 21.8 Å². The summed E-state index contributed by atoms with van der Waals surface area (Å²) in [6.45, 7) is 18.8. The van der Waals surface area contributed by atoms with Gasteiger partial charge in [0.1, 0.15) is 6.10 Å². The van der Waals surface area contributed by atoms with Crippen LogP contribution in [-0.4, -0.2) is 27.0 Å². The highest BCUT2D eigenvalue weighted by Crippen LogP contribution is 2.37. The molecule has 0 rings (SSSR count). The van der Waals surface area contributed by atoms with Crippen molar-refractivity contribution >= 4 is 36.9 Å². The van der Waals surface area contributed by atoms with E-state index in [1.54, 1.807) is 0 Å². The van der Waals surface area contributed by atoms with E-state index in [-0.39, 0.29) is 11.0 Å². The molecule has 0 aromatic rings. The Labute approximate surface area is 138 Å². The van der Waals surface area contributed by atoms with Crippen LogP contribution in [-0.2, 0) is 14.0 Å². The van der Waals surface area contributed by atoms with E-state index in [1.807, 2.05) is 11.0 Å². The second-order valence-corrected chi connectivity index (χ2v) is 12.0. The maximum Gasteiger partial charge on any atom is 0.303 e. The molecule has 1 atom stereocenters. The molecule has 0 bridgehead atoms. The molecule has 0 aliphatic heterocycles. The van der Waals surface area contributed by atoms with Gasteiger partial charge in [-0.1, -0.05) is 49.9 Å². The summed E-state index contributed by atoms with van der Waals surface area (Å²) >= 11 is 2.14. The number of esters is 1. The number of ether oxygens (including phenoxy) is 1. The largest absolute Gasteiger partial charge is 0.453 e. The third-order valence-corrected chi connectivity index (χ3v) is 9.13. The van der Waals surface area contributed by atoms with Crippen molar-refractivity contribution in [2.75, 3.05) is 6.61 Å². The predicted octanol–water partition coefficient (Wildman–Crippen LogP) is 4.83. The Morgan fingerprint density at radius 2 is 1.85 bits per heavy atom. The fourth-order valence-corrected chi connectivity index (χ4v) is 2.59. The zero-order valence-corrected chi connectivity index (χ0v) is 16.8. The molecule has 0 amide bonds. The zero-order chi connectivity index (χ0) is 16.1. The summed E-state index contributed by atoms with van der Waals surface area (Å²) in [5, 5.41) is 0.151. The minimum atomic E-state index is -1.82. The van der Waals surface area contributed by atoms with E-state index in [1.165, 1.54) is 6.92 Å². The fraction of sp³-hybridized carbons (Fsp3) is 0.667. The Hall–Kier alpha value is -0.143. The van der Waals surface area contributed by atoms with E-state index in [2.05, 4.69) is 63.0 Å². The number of carbonyl (C=O) groups is 1. The normalized spacial score (nSPS) is 14.9. The molecule has 0 aromatic carbocycles. The van der Waals surface area contributed by atoms with Gasteiger partial charge in [-0.25, -0.2) is 0 Å². The van der Waals surface area contributed by atoms with Crippen LogP contribution in [0.4, 0.5) is 0 Å². The fourth-order valence-electron chi connectivity index (χ4n) is 1.29. The van der Waals surface area contributed by atoms with Crippen LogP contribution in [0.1, 0.15) is 34.6 Å². The van der Waals surface area contributed by atoms with Gasteiger partial charge in [0.25, 0.3) is 0 Å². The van der Waals surface area contributed by atoms with Crippen LogP contribution in [0.5, 0.6) is 0 Å². The van der Waals surface area contributed by atoms with Crippen LogP contribution in [0.3, 0.4) is 0 Å². The highest BCUT2D eigenvalue weighted by Gasteiger charge is 2.37. The molecule has 116 valence electrons. The molecule has 1 unspecified atom stereocenters. The zero-order valence-electron chi connectivity index (χ0n) is 13.7. The van der Waals surface area contributed by atoms with Crippen molar-refractivity contribution in [3.8, 4) is 0 Å². The summed E-state index contributed by atoms with van der Waals surface area (Å²) in [5.41, 5.74) is 1.75. The summed E-state index contributed by atoms with van der Waals surface area (Å²) in [5.74, 6) is -0.305. The Kier molecular flexibility index (Phi) is 7.69. The summed E-state index contributed by atoms with van der Waals surface area (Å²) in [6.07, 6.45) is -0.394. The van der Waals surface area contributed by atoms with Crippen LogP contribution < -0.4 is 0 Å². The van der Waals surface area contributed by atoms with Gasteiger partial charge in [0.05, 0.1) is 6.61 Å². The average molecular weight is 410 g/mol. The van der Waals surface area contributed by atoms with E-state index >= 15 is 0 Å². The van der Waals surface area contributed by atoms with E-state index in [0.29, 0.717) is 6.61 Å². The van der Waals surface area contributed by atoms with Crippen LogP contribution in [0.25, 0.3) is 0 Å². The molecule has 0 saturated carbocycles. The van der Waals surface area contributed by atoms with Crippen molar-refractivity contribution < 1.29 is 14.0 Å². The van der Waals surface area contributed by atoms with Gasteiger partial charge in [-0.3, -0.25) is 4.79 Å². The first-order chi connectivity index (χ1) is 8.92. The second-order valence-electron chi connectivity index (χ2n) is 6.55. The smallest absolute Gasteiger partial charge is 0.303 e. The molecule has 0 radical (unpaired) electrons. The second kappa shape index (κ2) is 7.75. The van der Waals surface area contributed by atoms with Crippen molar-refractivity contribution in [3.63, 3.8) is 0 Å². The maximum absolute atomic E-state index is 11.2. The first kappa shape index (κ1) is 19.9. The molecule has 3 nitrogen and oxygen atoms in total. The van der Waals surface area contributed by atoms with E-state index in [9.17, 15) is 4.79 Å². The van der Waals surface area contributed by atoms with Gasteiger partial charge in [-0.15, -0.1) is 0 Å². The number of carbonyl (C=O) groups excluding carboxylic acids is 1. The monoisotopic (exact) mass is 410 g/mol. The molecular formula is C15H27IO3Si. The van der Waals surface area contributed by atoms with Gasteiger partial charge in [0, 0.05) is 6.92 Å². The number of hydrogen-bond acceptors (Lipinski definition) is 3. The van der Waals surface area contributed by atoms with Crippen LogP contribution >= 0.6 is 22.6 Å². The van der Waals surface area contributed by atoms with Crippen LogP contribution in [0.2, 0.25) is 18.1 Å². The van der Waals surface area contributed by atoms with Crippen molar-refractivity contribution in [2.24, 2.45) is 0 Å². The summed E-state index contributed by atoms with van der Waals surface area (Å²) in [7, 11) is -1.82. The van der Waals surface area contributed by atoms with Gasteiger partial charge in [-0.2, -0.15) is 0 Å². The number of rotatable bonds is 6. The van der Waals surface area contributed by atoms with Crippen molar-refractivity contribution in [2.45, 2.75) is 58.9 Å². The number of halogens is 1.